The first-order chi connectivity index (χ1) is 4.31. The monoisotopic (exact) mass is 129 g/mol. The zero-order valence-corrected chi connectivity index (χ0v) is 4.35. The molecule has 6 nitrogen and oxygen atoms in total. The van der Waals surface area contributed by atoms with Crippen LogP contribution in [0, 0.1) is 0 Å². The molecule has 48 valence electrons. The number of azide groups is 2. The van der Waals surface area contributed by atoms with E-state index < -0.39 is 12.8 Å². The minimum atomic E-state index is -1.74. The lowest BCUT2D eigenvalue weighted by atomic mass is 10.6. The van der Waals surface area contributed by atoms with Crippen molar-refractivity contribution in [2.75, 3.05) is 6.54 Å². The number of nitrogens with zero attached hydrogens (tertiary/aromatic N) is 6. The molecule has 1 unspecified atom stereocenters. The van der Waals surface area contributed by atoms with Gasteiger partial charge in [0, 0.05) is 9.82 Å². The molecule has 0 aromatic carbocycles. The van der Waals surface area contributed by atoms with Crippen LogP contribution < -0.4 is 0 Å². The van der Waals surface area contributed by atoms with Gasteiger partial charge in [-0.15, -0.1) is 0 Å². The second kappa shape index (κ2) is 4.70. The quantitative estimate of drug-likeness (QED) is 0.240. The summed E-state index contributed by atoms with van der Waals surface area (Å²) in [5.41, 5.74) is 15.3. The Balaban J connectivity index is 3.62. The molecule has 0 aromatic rings. The lowest BCUT2D eigenvalue weighted by molar-refractivity contribution is 0.352. The summed E-state index contributed by atoms with van der Waals surface area (Å²) in [4.78, 5) is 4.41. The number of hydrogen-bond donors (Lipinski definition) is 0. The second-order valence-corrected chi connectivity index (χ2v) is 1.05. The molecule has 0 aromatic heterocycles. The van der Waals surface area contributed by atoms with E-state index in [1.807, 2.05) is 0 Å². The largest absolute Gasteiger partial charge is 0.241 e. The van der Waals surface area contributed by atoms with Crippen molar-refractivity contribution < 1.29 is 4.39 Å². The van der Waals surface area contributed by atoms with Crippen LogP contribution in [0.5, 0.6) is 0 Å². The lowest BCUT2D eigenvalue weighted by Crippen LogP contribution is -1.96. The first-order valence-corrected chi connectivity index (χ1v) is 2.00. The number of rotatable bonds is 3. The van der Waals surface area contributed by atoms with Crippen molar-refractivity contribution in [3.8, 4) is 0 Å². The predicted molar refractivity (Wildman–Crippen MR) is 28.1 cm³/mol. The molecule has 0 heterocycles. The van der Waals surface area contributed by atoms with Crippen LogP contribution in [-0.2, 0) is 0 Å². The molecule has 0 saturated heterocycles. The van der Waals surface area contributed by atoms with E-state index >= 15 is 0 Å². The van der Waals surface area contributed by atoms with Crippen LogP contribution in [0.25, 0.3) is 20.9 Å². The van der Waals surface area contributed by atoms with Crippen molar-refractivity contribution >= 4 is 0 Å². The average Bonchev–Trinajstić information content (AvgIpc) is 1.85. The Kier molecular flexibility index (Phi) is 3.95. The van der Waals surface area contributed by atoms with Crippen molar-refractivity contribution in [3.05, 3.63) is 20.9 Å². The molecule has 0 aliphatic carbocycles. The molecule has 0 rings (SSSR count). The Morgan fingerprint density at radius 1 is 1.44 bits per heavy atom. The van der Waals surface area contributed by atoms with Crippen LogP contribution in [0.4, 0.5) is 4.39 Å². The van der Waals surface area contributed by atoms with Gasteiger partial charge < -0.3 is 0 Å². The van der Waals surface area contributed by atoms with Gasteiger partial charge in [0.1, 0.15) is 0 Å². The number of halogens is 1. The van der Waals surface area contributed by atoms with E-state index in [9.17, 15) is 4.39 Å². The first-order valence-electron chi connectivity index (χ1n) is 2.00. The van der Waals surface area contributed by atoms with Crippen molar-refractivity contribution in [3.63, 3.8) is 0 Å². The summed E-state index contributed by atoms with van der Waals surface area (Å²) < 4.78 is 11.9. The van der Waals surface area contributed by atoms with E-state index in [1.165, 1.54) is 0 Å². The molecule has 9 heavy (non-hydrogen) atoms. The van der Waals surface area contributed by atoms with Gasteiger partial charge in [0.05, 0.1) is 6.54 Å². The van der Waals surface area contributed by atoms with Crippen molar-refractivity contribution in [1.29, 1.82) is 0 Å². The summed E-state index contributed by atoms with van der Waals surface area (Å²) in [7, 11) is 0. The van der Waals surface area contributed by atoms with Gasteiger partial charge in [-0.05, 0) is 11.1 Å². The molecule has 0 amide bonds. The third-order valence-corrected chi connectivity index (χ3v) is 0.472. The summed E-state index contributed by atoms with van der Waals surface area (Å²) in [6, 6.07) is 0. The van der Waals surface area contributed by atoms with Crippen LogP contribution in [0.3, 0.4) is 0 Å². The zero-order chi connectivity index (χ0) is 7.11. The molecular formula is C2H3FN6. The second-order valence-electron chi connectivity index (χ2n) is 1.05. The van der Waals surface area contributed by atoms with Crippen molar-refractivity contribution in [1.82, 2.24) is 0 Å². The van der Waals surface area contributed by atoms with Gasteiger partial charge in [0.2, 0.25) is 0 Å². The molecule has 0 bridgehead atoms. The Hall–Kier alpha value is -1.45. The van der Waals surface area contributed by atoms with E-state index in [1.54, 1.807) is 0 Å². The summed E-state index contributed by atoms with van der Waals surface area (Å²) >= 11 is 0. The third-order valence-electron chi connectivity index (χ3n) is 0.472. The van der Waals surface area contributed by atoms with Gasteiger partial charge in [-0.1, -0.05) is 10.2 Å². The highest BCUT2D eigenvalue weighted by Gasteiger charge is 1.97. The third kappa shape index (κ3) is 4.40. The van der Waals surface area contributed by atoms with Crippen molar-refractivity contribution in [2.45, 2.75) is 6.30 Å². The van der Waals surface area contributed by atoms with Crippen LogP contribution in [0.2, 0.25) is 0 Å². The summed E-state index contributed by atoms with van der Waals surface area (Å²) in [6.45, 7) is -0.444. The molecule has 0 fully saturated rings. The SMILES string of the molecule is [N-]=[N+]=NCC([18F])N=[N+]=[N-]. The normalized spacial score (nSPS) is 10.8. The number of hydrogen-bond acceptors (Lipinski definition) is 2. The van der Waals surface area contributed by atoms with Crippen LogP contribution in [0.15, 0.2) is 10.2 Å². The lowest BCUT2D eigenvalue weighted by Gasteiger charge is -1.88. The molecule has 0 aliphatic heterocycles. The van der Waals surface area contributed by atoms with Gasteiger partial charge >= 0.3 is 0 Å². The van der Waals surface area contributed by atoms with Gasteiger partial charge in [-0.2, -0.15) is 0 Å². The Labute approximate surface area is 49.5 Å². The summed E-state index contributed by atoms with van der Waals surface area (Å²) in [5.74, 6) is 0. The van der Waals surface area contributed by atoms with E-state index in [2.05, 4.69) is 20.1 Å². The van der Waals surface area contributed by atoms with Gasteiger partial charge in [-0.3, -0.25) is 0 Å². The molecule has 0 spiro atoms. The fourth-order valence-electron chi connectivity index (χ4n) is 0.196. The molecular weight excluding hydrogens is 126 g/mol. The molecule has 0 N–H and O–H groups in total. The summed E-state index contributed by atoms with van der Waals surface area (Å²) in [6.07, 6.45) is -1.74. The fraction of sp³-hybridized carbons (Fsp3) is 1.00. The zero-order valence-electron chi connectivity index (χ0n) is 4.35. The highest BCUT2D eigenvalue weighted by Crippen LogP contribution is 1.92. The van der Waals surface area contributed by atoms with Crippen LogP contribution in [-0.4, -0.2) is 12.8 Å². The standard InChI is InChI=1S/C2H3FN6/c3-2(7-9-5)1-6-8-4/h2H,1H2/i3-1. The first kappa shape index (κ1) is 7.55. The van der Waals surface area contributed by atoms with Crippen LogP contribution >= 0.6 is 0 Å². The molecule has 0 radical (unpaired) electrons. The maximum Gasteiger partial charge on any atom is 0.184 e. The topological polar surface area (TPSA) is 97.5 Å². The van der Waals surface area contributed by atoms with E-state index in [0.29, 0.717) is 0 Å². The fourth-order valence-corrected chi connectivity index (χ4v) is 0.196. The van der Waals surface area contributed by atoms with E-state index in [0.717, 1.165) is 0 Å². The maximum absolute atomic E-state index is 11.9. The van der Waals surface area contributed by atoms with E-state index in [-0.39, 0.29) is 0 Å². The smallest absolute Gasteiger partial charge is 0.184 e. The van der Waals surface area contributed by atoms with Gasteiger partial charge in [0.25, 0.3) is 0 Å². The van der Waals surface area contributed by atoms with Gasteiger partial charge in [-0.25, -0.2) is 4.39 Å². The molecule has 7 heteroatoms. The number of alkyl halides is 1. The van der Waals surface area contributed by atoms with Crippen molar-refractivity contribution in [2.24, 2.45) is 10.2 Å². The maximum atomic E-state index is 11.9. The molecule has 0 saturated carbocycles. The van der Waals surface area contributed by atoms with Gasteiger partial charge in [0.15, 0.2) is 6.30 Å². The Morgan fingerprint density at radius 3 is 2.56 bits per heavy atom. The minimum absolute atomic E-state index is 0.444. The average molecular weight is 129 g/mol. The predicted octanol–water partition coefficient (Wildman–Crippen LogP) is 1.90. The summed E-state index contributed by atoms with van der Waals surface area (Å²) in [5, 5.41) is 5.44. The Bertz CT molecular complexity index is 164. The van der Waals surface area contributed by atoms with Crippen LogP contribution in [0.1, 0.15) is 0 Å². The highest BCUT2D eigenvalue weighted by atomic mass is 18.2. The Morgan fingerprint density at radius 2 is 2.11 bits per heavy atom. The van der Waals surface area contributed by atoms with E-state index in [4.69, 9.17) is 11.1 Å². The minimum Gasteiger partial charge on any atom is -0.241 e. The molecule has 0 aliphatic rings. The highest BCUT2D eigenvalue weighted by molar-refractivity contribution is 4.57. The molecule has 1 atom stereocenters.